The number of nitrogens with one attached hydrogen (secondary N) is 1. The molecule has 0 radical (unpaired) electrons. The van der Waals surface area contributed by atoms with Crippen molar-refractivity contribution in [3.8, 4) is 11.1 Å². The smallest absolute Gasteiger partial charge is 0.407 e. The van der Waals surface area contributed by atoms with Crippen LogP contribution < -0.4 is 5.32 Å². The van der Waals surface area contributed by atoms with Crippen molar-refractivity contribution in [3.05, 3.63) is 78.9 Å². The van der Waals surface area contributed by atoms with Crippen LogP contribution in [0.3, 0.4) is 0 Å². The van der Waals surface area contributed by atoms with Crippen LogP contribution in [0.1, 0.15) is 64.0 Å². The van der Waals surface area contributed by atoms with Crippen LogP contribution in [0.2, 0.25) is 0 Å². The fourth-order valence-corrected chi connectivity index (χ4v) is 5.52. The Kier molecular flexibility index (Phi) is 11.7. The molecule has 0 spiro atoms. The van der Waals surface area contributed by atoms with Crippen molar-refractivity contribution in [1.29, 1.82) is 0 Å². The Bertz CT molecular complexity index is 1280. The van der Waals surface area contributed by atoms with Crippen molar-refractivity contribution in [3.63, 3.8) is 0 Å². The highest BCUT2D eigenvalue weighted by molar-refractivity contribution is 5.91. The van der Waals surface area contributed by atoms with Crippen LogP contribution in [0.4, 0.5) is 4.79 Å². The molecule has 0 saturated carbocycles. The zero-order valence-corrected chi connectivity index (χ0v) is 26.2. The lowest BCUT2D eigenvalue weighted by Gasteiger charge is -2.35. The number of carbonyl (C=O) groups excluding carboxylic acids is 3. The number of likely N-dealkylation sites (tertiary alicyclic amines) is 1. The lowest BCUT2D eigenvalue weighted by atomic mass is 9.85. The van der Waals surface area contributed by atoms with E-state index in [0.717, 1.165) is 47.9 Å². The van der Waals surface area contributed by atoms with E-state index in [1.54, 1.807) is 7.11 Å². The summed E-state index contributed by atoms with van der Waals surface area (Å²) < 4.78 is 16.6. The summed E-state index contributed by atoms with van der Waals surface area (Å²) in [4.78, 5) is 41.4. The normalized spacial score (nSPS) is 18.9. The van der Waals surface area contributed by atoms with Crippen LogP contribution in [-0.4, -0.2) is 62.3 Å². The van der Waals surface area contributed by atoms with Crippen LogP contribution >= 0.6 is 0 Å². The zero-order chi connectivity index (χ0) is 31.6. The summed E-state index contributed by atoms with van der Waals surface area (Å²) >= 11 is 0. The van der Waals surface area contributed by atoms with Crippen molar-refractivity contribution in [2.24, 2.45) is 5.41 Å². The van der Waals surface area contributed by atoms with Crippen LogP contribution in [0.25, 0.3) is 17.2 Å². The Morgan fingerprint density at radius 1 is 1.05 bits per heavy atom. The van der Waals surface area contributed by atoms with Gasteiger partial charge in [-0.25, -0.2) is 9.59 Å². The predicted octanol–water partition coefficient (Wildman–Crippen LogP) is 6.50. The number of unbranched alkanes of at least 4 members (excludes halogenated alkanes) is 3. The summed E-state index contributed by atoms with van der Waals surface area (Å²) in [5.41, 5.74) is 2.28. The second kappa shape index (κ2) is 15.0. The Morgan fingerprint density at radius 3 is 2.35 bits per heavy atom. The van der Waals surface area contributed by atoms with Gasteiger partial charge in [0.05, 0.1) is 20.3 Å². The number of ether oxygens (including phenoxy) is 3. The third kappa shape index (κ3) is 8.14. The molecular weight excluding hydrogens is 544 g/mol. The number of alkyl carbamates (subject to hydrolysis) is 1. The fourth-order valence-electron chi connectivity index (χ4n) is 5.52. The first-order valence-corrected chi connectivity index (χ1v) is 14.8. The van der Waals surface area contributed by atoms with Gasteiger partial charge in [0.15, 0.2) is 0 Å². The Labute approximate surface area is 256 Å². The fraction of sp³-hybridized carbons (Fsp3) is 0.457. The van der Waals surface area contributed by atoms with E-state index in [1.807, 2.05) is 81.5 Å². The van der Waals surface area contributed by atoms with Gasteiger partial charge in [0.25, 0.3) is 0 Å². The summed E-state index contributed by atoms with van der Waals surface area (Å²) in [7, 11) is 2.88. The average Bonchev–Trinajstić information content (AvgIpc) is 3.42. The van der Waals surface area contributed by atoms with Crippen molar-refractivity contribution >= 4 is 24.0 Å². The molecule has 1 heterocycles. The lowest BCUT2D eigenvalue weighted by Crippen LogP contribution is -2.57. The number of amides is 2. The van der Waals surface area contributed by atoms with Crippen LogP contribution in [0.15, 0.2) is 67.8 Å². The van der Waals surface area contributed by atoms with Gasteiger partial charge < -0.3 is 24.4 Å². The zero-order valence-electron chi connectivity index (χ0n) is 26.2. The lowest BCUT2D eigenvalue weighted by molar-refractivity contribution is -0.152. The van der Waals surface area contributed by atoms with Gasteiger partial charge in [-0.2, -0.15) is 0 Å². The molecule has 43 heavy (non-hydrogen) atoms. The molecule has 3 atom stereocenters. The third-order valence-electron chi connectivity index (χ3n) is 8.04. The van der Waals surface area contributed by atoms with Crippen molar-refractivity contribution in [2.45, 2.75) is 70.6 Å². The highest BCUT2D eigenvalue weighted by atomic mass is 16.5. The highest BCUT2D eigenvalue weighted by Crippen LogP contribution is 2.41. The molecule has 0 aromatic heterocycles. The molecule has 1 aliphatic rings. The molecule has 1 saturated heterocycles. The molecule has 2 aromatic rings. The largest absolute Gasteiger partial charge is 0.467 e. The molecule has 8 heteroatoms. The average molecular weight is 591 g/mol. The van der Waals surface area contributed by atoms with Crippen LogP contribution in [0, 0.1) is 5.41 Å². The van der Waals surface area contributed by atoms with Gasteiger partial charge in [-0.1, -0.05) is 88.0 Å². The molecule has 2 aromatic carbocycles. The number of methoxy groups -OCH3 is 2. The van der Waals surface area contributed by atoms with E-state index < -0.39 is 41.1 Å². The van der Waals surface area contributed by atoms with Gasteiger partial charge in [-0.05, 0) is 53.4 Å². The number of benzene rings is 2. The van der Waals surface area contributed by atoms with Gasteiger partial charge >= 0.3 is 12.1 Å². The van der Waals surface area contributed by atoms with Gasteiger partial charge in [0.2, 0.25) is 5.91 Å². The highest BCUT2D eigenvalue weighted by Gasteiger charge is 2.53. The monoisotopic (exact) mass is 590 g/mol. The Morgan fingerprint density at radius 2 is 1.74 bits per heavy atom. The van der Waals surface area contributed by atoms with Gasteiger partial charge in [0, 0.05) is 13.5 Å². The summed E-state index contributed by atoms with van der Waals surface area (Å²) in [5, 5.41) is 2.77. The number of rotatable bonds is 13. The van der Waals surface area contributed by atoms with E-state index >= 15 is 0 Å². The summed E-state index contributed by atoms with van der Waals surface area (Å²) in [5.74, 6) is -0.945. The first-order valence-electron chi connectivity index (χ1n) is 14.8. The molecular formula is C35H46N2O6. The minimum atomic E-state index is -0.959. The van der Waals surface area contributed by atoms with Gasteiger partial charge in [0.1, 0.15) is 17.7 Å². The maximum Gasteiger partial charge on any atom is 0.407 e. The SMILES string of the molecule is C=CCCCCCOC(=O)N[C@H](C(=O)N1C[C@](OC)(c2ccc(-c3ccccc3C=C)cc2)C[C@H]1C(=O)OC)C(C)(C)C. The second-order valence-corrected chi connectivity index (χ2v) is 12.0. The minimum Gasteiger partial charge on any atom is -0.467 e. The molecule has 0 bridgehead atoms. The predicted molar refractivity (Wildman–Crippen MR) is 169 cm³/mol. The van der Waals surface area contributed by atoms with E-state index in [1.165, 1.54) is 12.0 Å². The summed E-state index contributed by atoms with van der Waals surface area (Å²) in [6, 6.07) is 14.1. The second-order valence-electron chi connectivity index (χ2n) is 12.0. The van der Waals surface area contributed by atoms with Crippen LogP contribution in [-0.2, 0) is 29.4 Å². The first kappa shape index (κ1) is 33.6. The van der Waals surface area contributed by atoms with Gasteiger partial charge in [-0.15, -0.1) is 6.58 Å². The van der Waals surface area contributed by atoms with Crippen LogP contribution in [0.5, 0.6) is 0 Å². The molecule has 3 rings (SSSR count). The number of allylic oxidation sites excluding steroid dienone is 1. The minimum absolute atomic E-state index is 0.108. The van der Waals surface area contributed by atoms with E-state index in [9.17, 15) is 14.4 Å². The number of carbonyl (C=O) groups is 3. The topological polar surface area (TPSA) is 94.2 Å². The summed E-state index contributed by atoms with van der Waals surface area (Å²) in [6.07, 6.45) is 6.76. The first-order chi connectivity index (χ1) is 20.5. The quantitative estimate of drug-likeness (QED) is 0.163. The number of hydrogen-bond acceptors (Lipinski definition) is 6. The van der Waals surface area contributed by atoms with E-state index in [4.69, 9.17) is 14.2 Å². The van der Waals surface area contributed by atoms with Gasteiger partial charge in [-0.3, -0.25) is 4.79 Å². The number of esters is 1. The molecule has 1 N–H and O–H groups in total. The van der Waals surface area contributed by atoms with E-state index in [-0.39, 0.29) is 19.6 Å². The van der Waals surface area contributed by atoms with Crippen molar-refractivity contribution in [2.75, 3.05) is 27.4 Å². The van der Waals surface area contributed by atoms with E-state index in [2.05, 4.69) is 18.5 Å². The summed E-state index contributed by atoms with van der Waals surface area (Å²) in [6.45, 7) is 13.6. The maximum atomic E-state index is 14.1. The molecule has 1 aliphatic heterocycles. The number of hydrogen-bond donors (Lipinski definition) is 1. The third-order valence-corrected chi connectivity index (χ3v) is 8.04. The Hall–Kier alpha value is -3.91. The maximum absolute atomic E-state index is 14.1. The van der Waals surface area contributed by atoms with E-state index in [0.29, 0.717) is 0 Å². The molecule has 2 amide bonds. The molecule has 8 nitrogen and oxygen atoms in total. The molecule has 0 aliphatic carbocycles. The van der Waals surface area contributed by atoms with Crippen molar-refractivity contribution < 1.29 is 28.6 Å². The standard InChI is InChI=1S/C35H46N2O6/c1-8-10-11-12-15-22-43-33(40)36-30(34(3,4)5)31(38)37-24-35(42-7,23-29(37)32(39)41-6)27-20-18-26(19-21-27)28-17-14-13-16-25(28)9-2/h8-9,13-14,16-21,29-30H,1-2,10-12,15,22-24H2,3-7H3,(H,36,40)/t29-,30+,35-/m0/s1. The van der Waals surface area contributed by atoms with Crippen molar-refractivity contribution in [1.82, 2.24) is 10.2 Å². The number of nitrogens with zero attached hydrogens (tertiary/aromatic N) is 1. The molecule has 232 valence electrons. The molecule has 0 unspecified atom stereocenters. The molecule has 1 fully saturated rings. The Balaban J connectivity index is 1.85.